The van der Waals surface area contributed by atoms with Gasteiger partial charge in [0.05, 0.1) is 6.61 Å². The van der Waals surface area contributed by atoms with Crippen LogP contribution in [0, 0.1) is 0 Å². The van der Waals surface area contributed by atoms with Crippen molar-refractivity contribution >= 4 is 39.0 Å². The van der Waals surface area contributed by atoms with Crippen LogP contribution in [0.15, 0.2) is 36.9 Å². The molecule has 4 nitrogen and oxygen atoms in total. The minimum atomic E-state index is -0.319. The molecule has 0 saturated heterocycles. The number of esters is 1. The SMILES string of the molecule is C=CC(=O)Nc1ccc2sc(C(=O)OCC)cc2c1. The number of thiophene rings is 1. The summed E-state index contributed by atoms with van der Waals surface area (Å²) in [4.78, 5) is 23.4. The zero-order chi connectivity index (χ0) is 13.8. The monoisotopic (exact) mass is 275 g/mol. The second-order valence-corrected chi connectivity index (χ2v) is 4.86. The van der Waals surface area contributed by atoms with Crippen LogP contribution in [0.4, 0.5) is 5.69 Å². The molecule has 0 aliphatic heterocycles. The normalized spacial score (nSPS) is 10.2. The van der Waals surface area contributed by atoms with E-state index >= 15 is 0 Å². The predicted molar refractivity (Wildman–Crippen MR) is 76.6 cm³/mol. The van der Waals surface area contributed by atoms with Gasteiger partial charge in [0.2, 0.25) is 5.91 Å². The third-order valence-corrected chi connectivity index (χ3v) is 3.54. The van der Waals surface area contributed by atoms with Crippen molar-refractivity contribution in [3.8, 4) is 0 Å². The van der Waals surface area contributed by atoms with E-state index < -0.39 is 0 Å². The average Bonchev–Trinajstić information content (AvgIpc) is 2.82. The minimum absolute atomic E-state index is 0.264. The molecular weight excluding hydrogens is 262 g/mol. The number of benzene rings is 1. The first-order valence-electron chi connectivity index (χ1n) is 5.78. The molecule has 5 heteroatoms. The molecule has 0 spiro atoms. The quantitative estimate of drug-likeness (QED) is 0.688. The van der Waals surface area contributed by atoms with E-state index in [9.17, 15) is 9.59 Å². The summed E-state index contributed by atoms with van der Waals surface area (Å²) >= 11 is 1.37. The summed E-state index contributed by atoms with van der Waals surface area (Å²) in [6.07, 6.45) is 1.21. The number of hydrogen-bond acceptors (Lipinski definition) is 4. The Morgan fingerprint density at radius 1 is 1.42 bits per heavy atom. The van der Waals surface area contributed by atoms with E-state index in [0.29, 0.717) is 17.2 Å². The molecule has 0 aliphatic carbocycles. The van der Waals surface area contributed by atoms with Gasteiger partial charge in [-0.3, -0.25) is 4.79 Å². The molecule has 2 aromatic rings. The van der Waals surface area contributed by atoms with Gasteiger partial charge in [-0.05, 0) is 42.7 Å². The lowest BCUT2D eigenvalue weighted by atomic mass is 10.2. The van der Waals surface area contributed by atoms with Gasteiger partial charge in [0, 0.05) is 10.4 Å². The maximum atomic E-state index is 11.6. The second kappa shape index (κ2) is 5.67. The highest BCUT2D eigenvalue weighted by Crippen LogP contribution is 2.28. The molecule has 0 atom stereocenters. The van der Waals surface area contributed by atoms with Gasteiger partial charge in [0.1, 0.15) is 4.88 Å². The molecular formula is C14H13NO3S. The molecule has 19 heavy (non-hydrogen) atoms. The molecule has 0 aliphatic rings. The summed E-state index contributed by atoms with van der Waals surface area (Å²) in [6, 6.07) is 7.23. The third-order valence-electron chi connectivity index (χ3n) is 2.45. The van der Waals surface area contributed by atoms with Crippen LogP contribution < -0.4 is 5.32 Å². The Labute approximate surface area is 114 Å². The van der Waals surface area contributed by atoms with Gasteiger partial charge in [0.15, 0.2) is 0 Å². The zero-order valence-corrected chi connectivity index (χ0v) is 11.3. The van der Waals surface area contributed by atoms with Crippen LogP contribution in [-0.4, -0.2) is 18.5 Å². The average molecular weight is 275 g/mol. The van der Waals surface area contributed by atoms with E-state index in [1.54, 1.807) is 19.1 Å². The van der Waals surface area contributed by atoms with E-state index in [1.807, 2.05) is 12.1 Å². The maximum absolute atomic E-state index is 11.6. The summed E-state index contributed by atoms with van der Waals surface area (Å²) in [6.45, 7) is 5.52. The van der Waals surface area contributed by atoms with Crippen LogP contribution in [0.25, 0.3) is 10.1 Å². The van der Waals surface area contributed by atoms with E-state index in [2.05, 4.69) is 11.9 Å². The van der Waals surface area contributed by atoms with Crippen LogP contribution in [0.5, 0.6) is 0 Å². The number of rotatable bonds is 4. The third kappa shape index (κ3) is 3.00. The summed E-state index contributed by atoms with van der Waals surface area (Å²) in [7, 11) is 0. The van der Waals surface area contributed by atoms with Crippen molar-refractivity contribution in [3.05, 3.63) is 41.8 Å². The largest absolute Gasteiger partial charge is 0.462 e. The lowest BCUT2D eigenvalue weighted by Crippen LogP contribution is -2.06. The van der Waals surface area contributed by atoms with Crippen LogP contribution in [0.1, 0.15) is 16.6 Å². The van der Waals surface area contributed by atoms with Gasteiger partial charge < -0.3 is 10.1 Å². The number of ether oxygens (including phenoxy) is 1. The lowest BCUT2D eigenvalue weighted by molar-refractivity contribution is -0.111. The standard InChI is InChI=1S/C14H13NO3S/c1-3-13(16)15-10-5-6-11-9(7-10)8-12(19-11)14(17)18-4-2/h3,5-8H,1,4H2,2H3,(H,15,16). The molecule has 2 rings (SSSR count). The first-order valence-corrected chi connectivity index (χ1v) is 6.60. The summed E-state index contributed by atoms with van der Waals surface area (Å²) in [5, 5.41) is 3.58. The Balaban J connectivity index is 2.30. The van der Waals surface area contributed by atoms with Gasteiger partial charge in [-0.15, -0.1) is 11.3 Å². The van der Waals surface area contributed by atoms with E-state index in [1.165, 1.54) is 17.4 Å². The zero-order valence-electron chi connectivity index (χ0n) is 10.4. The molecule has 98 valence electrons. The summed E-state index contributed by atoms with van der Waals surface area (Å²) in [5.41, 5.74) is 0.672. The fourth-order valence-corrected chi connectivity index (χ4v) is 2.55. The first-order chi connectivity index (χ1) is 9.13. The number of anilines is 1. The van der Waals surface area contributed by atoms with E-state index in [4.69, 9.17) is 4.74 Å². The molecule has 0 unspecified atom stereocenters. The Morgan fingerprint density at radius 3 is 2.89 bits per heavy atom. The van der Waals surface area contributed by atoms with Crippen molar-refractivity contribution in [1.82, 2.24) is 0 Å². The van der Waals surface area contributed by atoms with E-state index in [-0.39, 0.29) is 11.9 Å². The molecule has 0 saturated carbocycles. The number of nitrogens with one attached hydrogen (secondary N) is 1. The van der Waals surface area contributed by atoms with Crippen LogP contribution in [0.2, 0.25) is 0 Å². The fraction of sp³-hybridized carbons (Fsp3) is 0.143. The van der Waals surface area contributed by atoms with Crippen molar-refractivity contribution < 1.29 is 14.3 Å². The van der Waals surface area contributed by atoms with Crippen molar-refractivity contribution in [1.29, 1.82) is 0 Å². The number of hydrogen-bond donors (Lipinski definition) is 1. The second-order valence-electron chi connectivity index (χ2n) is 3.78. The van der Waals surface area contributed by atoms with Crippen molar-refractivity contribution in [2.24, 2.45) is 0 Å². The smallest absolute Gasteiger partial charge is 0.348 e. The number of carbonyl (C=O) groups is 2. The molecule has 1 aromatic heterocycles. The summed E-state index contributed by atoms with van der Waals surface area (Å²) < 4.78 is 5.93. The van der Waals surface area contributed by atoms with Gasteiger partial charge in [0.25, 0.3) is 0 Å². The molecule has 1 amide bonds. The number of carbonyl (C=O) groups excluding carboxylic acids is 2. The number of fused-ring (bicyclic) bond motifs is 1. The van der Waals surface area contributed by atoms with Crippen LogP contribution >= 0.6 is 11.3 Å². The molecule has 1 heterocycles. The highest BCUT2D eigenvalue weighted by molar-refractivity contribution is 7.20. The van der Waals surface area contributed by atoms with Gasteiger partial charge in [-0.1, -0.05) is 6.58 Å². The molecule has 1 N–H and O–H groups in total. The maximum Gasteiger partial charge on any atom is 0.348 e. The van der Waals surface area contributed by atoms with Crippen molar-refractivity contribution in [3.63, 3.8) is 0 Å². The van der Waals surface area contributed by atoms with Crippen molar-refractivity contribution in [2.75, 3.05) is 11.9 Å². The van der Waals surface area contributed by atoms with Crippen LogP contribution in [0.3, 0.4) is 0 Å². The van der Waals surface area contributed by atoms with Gasteiger partial charge >= 0.3 is 5.97 Å². The highest BCUT2D eigenvalue weighted by atomic mass is 32.1. The van der Waals surface area contributed by atoms with Gasteiger partial charge in [-0.25, -0.2) is 4.79 Å². The molecule has 1 aromatic carbocycles. The van der Waals surface area contributed by atoms with Crippen molar-refractivity contribution in [2.45, 2.75) is 6.92 Å². The first kappa shape index (κ1) is 13.3. The Hall–Kier alpha value is -2.14. The topological polar surface area (TPSA) is 55.4 Å². The Kier molecular flexibility index (Phi) is 3.97. The minimum Gasteiger partial charge on any atom is -0.462 e. The Bertz CT molecular complexity index is 645. The predicted octanol–water partition coefficient (Wildman–Crippen LogP) is 3.20. The summed E-state index contributed by atoms with van der Waals surface area (Å²) in [5.74, 6) is -0.583. The lowest BCUT2D eigenvalue weighted by Gasteiger charge is -2.01. The molecule has 0 bridgehead atoms. The van der Waals surface area contributed by atoms with E-state index in [0.717, 1.165) is 10.1 Å². The Morgan fingerprint density at radius 2 is 2.21 bits per heavy atom. The fourth-order valence-electron chi connectivity index (χ4n) is 1.62. The molecule has 0 radical (unpaired) electrons. The number of amides is 1. The highest BCUT2D eigenvalue weighted by Gasteiger charge is 2.11. The van der Waals surface area contributed by atoms with Crippen LogP contribution in [-0.2, 0) is 9.53 Å². The van der Waals surface area contributed by atoms with Gasteiger partial charge in [-0.2, -0.15) is 0 Å². The molecule has 0 fully saturated rings.